The number of esters is 1. The number of hydrogen-bond acceptors (Lipinski definition) is 4. The zero-order chi connectivity index (χ0) is 13.9. The van der Waals surface area contributed by atoms with Crippen molar-refractivity contribution in [2.24, 2.45) is 0 Å². The highest BCUT2D eigenvalue weighted by atomic mass is 32.2. The summed E-state index contributed by atoms with van der Waals surface area (Å²) in [5.41, 5.74) is 2.31. The fraction of sp³-hybridized carbons (Fsp3) is 0.188. The van der Waals surface area contributed by atoms with Gasteiger partial charge in [-0.1, -0.05) is 36.0 Å². The van der Waals surface area contributed by atoms with Gasteiger partial charge in [-0.15, -0.1) is 0 Å². The van der Waals surface area contributed by atoms with Gasteiger partial charge >= 0.3 is 5.97 Å². The van der Waals surface area contributed by atoms with Crippen LogP contribution in [-0.4, -0.2) is 19.6 Å². The number of hydrogen-bond donors (Lipinski definition) is 0. The summed E-state index contributed by atoms with van der Waals surface area (Å²) in [6.07, 6.45) is 0.379. The first kappa shape index (κ1) is 13.1. The first-order valence-electron chi connectivity index (χ1n) is 6.50. The number of benzene rings is 2. The summed E-state index contributed by atoms with van der Waals surface area (Å²) >= 11 is 1.77. The summed E-state index contributed by atoms with van der Waals surface area (Å²) in [6.45, 7) is 0.626. The Morgan fingerprint density at radius 1 is 1.05 bits per heavy atom. The summed E-state index contributed by atoms with van der Waals surface area (Å²) in [5.74, 6) is -0.182. The molecule has 0 N–H and O–H groups in total. The molecule has 0 saturated carbocycles. The van der Waals surface area contributed by atoms with Crippen LogP contribution in [0.25, 0.3) is 0 Å². The van der Waals surface area contributed by atoms with Gasteiger partial charge in [0, 0.05) is 16.3 Å². The van der Waals surface area contributed by atoms with Gasteiger partial charge < -0.3 is 9.64 Å². The van der Waals surface area contributed by atoms with Gasteiger partial charge in [0.05, 0.1) is 24.9 Å². The molecule has 0 radical (unpaired) electrons. The first-order chi connectivity index (χ1) is 9.79. The van der Waals surface area contributed by atoms with Gasteiger partial charge in [0.15, 0.2) is 0 Å². The summed E-state index contributed by atoms with van der Waals surface area (Å²) in [4.78, 5) is 16.1. The number of anilines is 2. The molecule has 0 aliphatic carbocycles. The Labute approximate surface area is 122 Å². The molecule has 20 heavy (non-hydrogen) atoms. The summed E-state index contributed by atoms with van der Waals surface area (Å²) in [6, 6.07) is 16.5. The molecule has 3 nitrogen and oxygen atoms in total. The third kappa shape index (κ3) is 2.39. The zero-order valence-corrected chi connectivity index (χ0v) is 12.0. The predicted octanol–water partition coefficient (Wildman–Crippen LogP) is 3.85. The van der Waals surface area contributed by atoms with E-state index in [0.29, 0.717) is 13.0 Å². The van der Waals surface area contributed by atoms with Gasteiger partial charge in [-0.05, 0) is 24.3 Å². The van der Waals surface area contributed by atoms with E-state index in [1.807, 2.05) is 24.3 Å². The average Bonchev–Trinajstić information content (AvgIpc) is 2.51. The molecule has 0 amide bonds. The SMILES string of the molecule is COC(=O)CCN1c2ccccc2Sc2ccccc21. The van der Waals surface area contributed by atoms with Crippen molar-refractivity contribution < 1.29 is 9.53 Å². The fourth-order valence-corrected chi connectivity index (χ4v) is 3.42. The molecule has 1 aliphatic heterocycles. The fourth-order valence-electron chi connectivity index (χ4n) is 2.33. The number of ether oxygens (including phenoxy) is 1. The molecular formula is C16H15NO2S. The number of rotatable bonds is 3. The van der Waals surface area contributed by atoms with Gasteiger partial charge in [-0.25, -0.2) is 0 Å². The lowest BCUT2D eigenvalue weighted by atomic mass is 10.2. The number of para-hydroxylation sites is 2. The van der Waals surface area contributed by atoms with E-state index in [4.69, 9.17) is 4.74 Å². The van der Waals surface area contributed by atoms with Crippen LogP contribution in [-0.2, 0) is 9.53 Å². The highest BCUT2D eigenvalue weighted by Gasteiger charge is 2.23. The van der Waals surface area contributed by atoms with Gasteiger partial charge in [0.2, 0.25) is 0 Å². The lowest BCUT2D eigenvalue weighted by Gasteiger charge is -2.32. The minimum Gasteiger partial charge on any atom is -0.469 e. The highest BCUT2D eigenvalue weighted by Crippen LogP contribution is 2.47. The first-order valence-corrected chi connectivity index (χ1v) is 7.31. The Hall–Kier alpha value is -1.94. The molecule has 102 valence electrons. The van der Waals surface area contributed by atoms with E-state index in [2.05, 4.69) is 29.2 Å². The third-order valence-electron chi connectivity index (χ3n) is 3.30. The number of carbonyl (C=O) groups excluding carboxylic acids is 1. The molecule has 1 heterocycles. The largest absolute Gasteiger partial charge is 0.469 e. The number of nitrogens with zero attached hydrogens (tertiary/aromatic N) is 1. The molecule has 0 spiro atoms. The lowest BCUT2D eigenvalue weighted by molar-refractivity contribution is -0.140. The average molecular weight is 285 g/mol. The van der Waals surface area contributed by atoms with Crippen molar-refractivity contribution in [1.29, 1.82) is 0 Å². The minimum absolute atomic E-state index is 0.182. The molecule has 0 bridgehead atoms. The molecule has 0 atom stereocenters. The van der Waals surface area contributed by atoms with Crippen molar-refractivity contribution >= 4 is 29.1 Å². The topological polar surface area (TPSA) is 29.5 Å². The molecule has 0 saturated heterocycles. The predicted molar refractivity (Wildman–Crippen MR) is 80.6 cm³/mol. The molecular weight excluding hydrogens is 270 g/mol. The second kappa shape index (κ2) is 5.59. The number of methoxy groups -OCH3 is 1. The Bertz CT molecular complexity index is 596. The molecule has 1 aliphatic rings. The van der Waals surface area contributed by atoms with E-state index in [-0.39, 0.29) is 5.97 Å². The molecule has 0 aromatic heterocycles. The molecule has 4 heteroatoms. The van der Waals surface area contributed by atoms with E-state index >= 15 is 0 Å². The van der Waals surface area contributed by atoms with Crippen LogP contribution in [0.5, 0.6) is 0 Å². The van der Waals surface area contributed by atoms with Gasteiger partial charge in [0.25, 0.3) is 0 Å². The Kier molecular flexibility index (Phi) is 3.65. The van der Waals surface area contributed by atoms with E-state index < -0.39 is 0 Å². The second-order valence-electron chi connectivity index (χ2n) is 4.52. The Balaban J connectivity index is 1.97. The second-order valence-corrected chi connectivity index (χ2v) is 5.60. The lowest BCUT2D eigenvalue weighted by Crippen LogP contribution is -2.24. The van der Waals surface area contributed by atoms with Gasteiger partial charge in [-0.3, -0.25) is 4.79 Å². The van der Waals surface area contributed by atoms with E-state index in [1.165, 1.54) is 16.9 Å². The number of carbonyl (C=O) groups is 1. The maximum absolute atomic E-state index is 11.4. The quantitative estimate of drug-likeness (QED) is 0.801. The van der Waals surface area contributed by atoms with Crippen molar-refractivity contribution in [3.63, 3.8) is 0 Å². The van der Waals surface area contributed by atoms with Crippen LogP contribution in [0.3, 0.4) is 0 Å². The van der Waals surface area contributed by atoms with Crippen LogP contribution in [0.1, 0.15) is 6.42 Å². The number of fused-ring (bicyclic) bond motifs is 2. The molecule has 3 rings (SSSR count). The minimum atomic E-state index is -0.182. The van der Waals surface area contributed by atoms with Crippen molar-refractivity contribution in [1.82, 2.24) is 0 Å². The smallest absolute Gasteiger partial charge is 0.307 e. The van der Waals surface area contributed by atoms with Crippen LogP contribution in [0.4, 0.5) is 11.4 Å². The maximum Gasteiger partial charge on any atom is 0.307 e. The molecule has 0 fully saturated rings. The van der Waals surface area contributed by atoms with Crippen molar-refractivity contribution in [2.45, 2.75) is 16.2 Å². The normalized spacial score (nSPS) is 12.6. The van der Waals surface area contributed by atoms with Crippen LogP contribution in [0, 0.1) is 0 Å². The molecule has 2 aromatic carbocycles. The molecule has 0 unspecified atom stereocenters. The van der Waals surface area contributed by atoms with Crippen molar-refractivity contribution in [2.75, 3.05) is 18.6 Å². The Morgan fingerprint density at radius 3 is 2.15 bits per heavy atom. The zero-order valence-electron chi connectivity index (χ0n) is 11.2. The van der Waals surface area contributed by atoms with Crippen LogP contribution >= 0.6 is 11.8 Å². The van der Waals surface area contributed by atoms with E-state index in [1.54, 1.807) is 11.8 Å². The maximum atomic E-state index is 11.4. The Morgan fingerprint density at radius 2 is 1.60 bits per heavy atom. The molecule has 2 aromatic rings. The van der Waals surface area contributed by atoms with E-state index in [0.717, 1.165) is 11.4 Å². The summed E-state index contributed by atoms with van der Waals surface area (Å²) < 4.78 is 4.75. The summed E-state index contributed by atoms with van der Waals surface area (Å²) in [7, 11) is 1.43. The van der Waals surface area contributed by atoms with Crippen molar-refractivity contribution in [3.8, 4) is 0 Å². The van der Waals surface area contributed by atoms with Crippen molar-refractivity contribution in [3.05, 3.63) is 48.5 Å². The standard InChI is InChI=1S/C16H15NO2S/c1-19-16(18)10-11-17-12-6-2-4-8-14(12)20-15-9-5-3-7-13(15)17/h2-9H,10-11H2,1H3. The van der Waals surface area contributed by atoms with Gasteiger partial charge in [0.1, 0.15) is 0 Å². The summed E-state index contributed by atoms with van der Waals surface area (Å²) in [5, 5.41) is 0. The monoisotopic (exact) mass is 285 g/mol. The highest BCUT2D eigenvalue weighted by molar-refractivity contribution is 7.99. The van der Waals surface area contributed by atoms with Gasteiger partial charge in [-0.2, -0.15) is 0 Å². The third-order valence-corrected chi connectivity index (χ3v) is 4.43. The van der Waals surface area contributed by atoms with Crippen LogP contribution in [0.2, 0.25) is 0 Å². The van der Waals surface area contributed by atoms with E-state index in [9.17, 15) is 4.79 Å². The van der Waals surface area contributed by atoms with Crippen LogP contribution < -0.4 is 4.90 Å². The van der Waals surface area contributed by atoms with Crippen LogP contribution in [0.15, 0.2) is 58.3 Å².